The molecule has 1 aromatic carbocycles. The van der Waals surface area contributed by atoms with Gasteiger partial charge in [-0.1, -0.05) is 22.9 Å². The van der Waals surface area contributed by atoms with Gasteiger partial charge in [0.15, 0.2) is 5.13 Å². The molecular formula is C19H27ClN4O4S2. The van der Waals surface area contributed by atoms with Gasteiger partial charge < -0.3 is 4.74 Å². The van der Waals surface area contributed by atoms with Crippen LogP contribution in [0.1, 0.15) is 12.0 Å². The van der Waals surface area contributed by atoms with E-state index in [4.69, 9.17) is 16.3 Å². The van der Waals surface area contributed by atoms with Gasteiger partial charge in [-0.15, -0.1) is 0 Å². The molecule has 166 valence electrons. The maximum absolute atomic E-state index is 13.0. The summed E-state index contributed by atoms with van der Waals surface area (Å²) in [5.41, 5.74) is 1.75. The highest BCUT2D eigenvalue weighted by molar-refractivity contribution is 7.88. The fourth-order valence-corrected chi connectivity index (χ4v) is 5.06. The van der Waals surface area contributed by atoms with E-state index in [-0.39, 0.29) is 12.5 Å². The van der Waals surface area contributed by atoms with E-state index in [0.29, 0.717) is 16.7 Å². The number of hydrogen-bond donors (Lipinski definition) is 0. The molecular weight excluding hydrogens is 448 g/mol. The van der Waals surface area contributed by atoms with Gasteiger partial charge in [-0.05, 0) is 31.0 Å². The maximum Gasteiger partial charge on any atom is 0.244 e. The highest BCUT2D eigenvalue weighted by Gasteiger charge is 2.24. The molecule has 0 aliphatic carbocycles. The predicted octanol–water partition coefficient (Wildman–Crippen LogP) is 2.20. The van der Waals surface area contributed by atoms with Crippen LogP contribution in [0.3, 0.4) is 0 Å². The second-order valence-corrected chi connectivity index (χ2v) is 11.0. The molecule has 1 aliphatic rings. The monoisotopic (exact) mass is 474 g/mol. The van der Waals surface area contributed by atoms with E-state index < -0.39 is 10.0 Å². The smallest absolute Gasteiger partial charge is 0.244 e. The Bertz CT molecular complexity index is 1010. The fourth-order valence-electron chi connectivity index (χ4n) is 3.26. The minimum atomic E-state index is -3.46. The Labute approximate surface area is 186 Å². The number of anilines is 1. The normalized spacial score (nSPS) is 15.8. The topological polar surface area (TPSA) is 83.0 Å². The van der Waals surface area contributed by atoms with Crippen molar-refractivity contribution in [3.05, 3.63) is 22.7 Å². The summed E-state index contributed by atoms with van der Waals surface area (Å²) in [4.78, 5) is 21.6. The molecule has 8 nitrogen and oxygen atoms in total. The lowest BCUT2D eigenvalue weighted by atomic mass is 10.2. The predicted molar refractivity (Wildman–Crippen MR) is 121 cm³/mol. The number of aromatic nitrogens is 1. The molecule has 0 saturated carbocycles. The lowest BCUT2D eigenvalue weighted by molar-refractivity contribution is -0.118. The Morgan fingerprint density at radius 3 is 2.70 bits per heavy atom. The minimum Gasteiger partial charge on any atom is -0.379 e. The second kappa shape index (κ2) is 9.88. The molecule has 3 rings (SSSR count). The Morgan fingerprint density at radius 1 is 1.33 bits per heavy atom. The molecule has 0 unspecified atom stereocenters. The van der Waals surface area contributed by atoms with Crippen LogP contribution >= 0.6 is 22.9 Å². The van der Waals surface area contributed by atoms with Crippen molar-refractivity contribution in [1.82, 2.24) is 14.2 Å². The lowest BCUT2D eigenvalue weighted by Crippen LogP contribution is -2.43. The summed E-state index contributed by atoms with van der Waals surface area (Å²) in [6.07, 6.45) is 1.84. The average Bonchev–Trinajstić information content (AvgIpc) is 3.09. The van der Waals surface area contributed by atoms with Crippen molar-refractivity contribution < 1.29 is 17.9 Å². The van der Waals surface area contributed by atoms with Gasteiger partial charge in [0.1, 0.15) is 0 Å². The number of carbonyl (C=O) groups excluding carboxylic acids is 1. The molecule has 1 fully saturated rings. The van der Waals surface area contributed by atoms with Crippen molar-refractivity contribution in [3.63, 3.8) is 0 Å². The number of benzene rings is 1. The Kier molecular flexibility index (Phi) is 7.70. The zero-order chi connectivity index (χ0) is 21.9. The van der Waals surface area contributed by atoms with Gasteiger partial charge in [0.25, 0.3) is 0 Å². The number of aryl methyl sites for hydroxylation is 1. The van der Waals surface area contributed by atoms with Crippen LogP contribution in [0.25, 0.3) is 10.2 Å². The summed E-state index contributed by atoms with van der Waals surface area (Å²) in [6, 6.07) is 3.68. The number of carbonyl (C=O) groups is 1. The van der Waals surface area contributed by atoms with Crippen LogP contribution in [0.5, 0.6) is 0 Å². The summed E-state index contributed by atoms with van der Waals surface area (Å²) in [5, 5.41) is 1.18. The number of rotatable bonds is 8. The number of morpholine rings is 1. The minimum absolute atomic E-state index is 0.230. The van der Waals surface area contributed by atoms with E-state index >= 15 is 0 Å². The average molecular weight is 475 g/mol. The molecule has 2 aromatic rings. The van der Waals surface area contributed by atoms with Crippen molar-refractivity contribution in [2.24, 2.45) is 0 Å². The summed E-state index contributed by atoms with van der Waals surface area (Å²) in [6.45, 7) is 6.20. The van der Waals surface area contributed by atoms with Gasteiger partial charge in [0.2, 0.25) is 15.9 Å². The third-order valence-electron chi connectivity index (χ3n) is 5.05. The van der Waals surface area contributed by atoms with Crippen LogP contribution in [0, 0.1) is 6.92 Å². The molecule has 0 bridgehead atoms. The van der Waals surface area contributed by atoms with E-state index in [2.05, 4.69) is 9.88 Å². The van der Waals surface area contributed by atoms with E-state index in [1.807, 2.05) is 19.1 Å². The highest BCUT2D eigenvalue weighted by Crippen LogP contribution is 2.33. The van der Waals surface area contributed by atoms with E-state index in [9.17, 15) is 13.2 Å². The van der Waals surface area contributed by atoms with Crippen LogP contribution in [0.15, 0.2) is 12.1 Å². The Hall–Kier alpha value is -1.30. The number of amides is 1. The fraction of sp³-hybridized carbons (Fsp3) is 0.579. The number of nitrogens with zero attached hydrogens (tertiary/aromatic N) is 4. The number of likely N-dealkylation sites (N-methyl/N-ethyl adjacent to an activating group) is 1. The van der Waals surface area contributed by atoms with E-state index in [1.54, 1.807) is 4.90 Å². The van der Waals surface area contributed by atoms with Crippen LogP contribution in [-0.4, -0.2) is 87.8 Å². The third-order valence-corrected chi connectivity index (χ3v) is 7.56. The molecule has 0 spiro atoms. The first-order chi connectivity index (χ1) is 14.1. The number of sulfonamides is 1. The number of fused-ring (bicyclic) bond motifs is 1. The first kappa shape index (κ1) is 23.4. The standard InChI is InChI=1S/C19H27ClN4O4S2/c1-14-11-15(20)12-16-18(14)21-19(29-16)24(17(25)13-22(2)30(3,26)27)6-4-5-23-7-9-28-10-8-23/h11-12H,4-10,13H2,1-3H3. The SMILES string of the molecule is Cc1cc(Cl)cc2sc(N(CCCN3CCOCC3)C(=O)CN(C)S(C)(=O)=O)nc12. The van der Waals surface area contributed by atoms with Crippen molar-refractivity contribution in [2.75, 3.05) is 64.1 Å². The zero-order valence-corrected chi connectivity index (χ0v) is 19.8. The summed E-state index contributed by atoms with van der Waals surface area (Å²) < 4.78 is 30.9. The van der Waals surface area contributed by atoms with E-state index in [1.165, 1.54) is 18.4 Å². The molecule has 0 N–H and O–H groups in total. The van der Waals surface area contributed by atoms with Crippen molar-refractivity contribution in [3.8, 4) is 0 Å². The first-order valence-electron chi connectivity index (χ1n) is 9.73. The molecule has 1 amide bonds. The summed E-state index contributed by atoms with van der Waals surface area (Å²) >= 11 is 7.56. The second-order valence-electron chi connectivity index (χ2n) is 7.44. The first-order valence-corrected chi connectivity index (χ1v) is 12.8. The third kappa shape index (κ3) is 5.89. The molecule has 0 radical (unpaired) electrons. The van der Waals surface area contributed by atoms with Crippen LogP contribution in [0.2, 0.25) is 5.02 Å². The molecule has 2 heterocycles. The van der Waals surface area contributed by atoms with Crippen molar-refractivity contribution >= 4 is 54.2 Å². The highest BCUT2D eigenvalue weighted by atomic mass is 35.5. The van der Waals surface area contributed by atoms with Crippen molar-refractivity contribution in [1.29, 1.82) is 0 Å². The van der Waals surface area contributed by atoms with Gasteiger partial charge >= 0.3 is 0 Å². The summed E-state index contributed by atoms with van der Waals surface area (Å²) in [7, 11) is -2.05. The van der Waals surface area contributed by atoms with Gasteiger partial charge in [0.05, 0.1) is 36.2 Å². The van der Waals surface area contributed by atoms with Gasteiger partial charge in [0, 0.05) is 38.2 Å². The molecule has 1 aromatic heterocycles. The molecule has 1 aliphatic heterocycles. The van der Waals surface area contributed by atoms with Gasteiger partial charge in [-0.3, -0.25) is 14.6 Å². The van der Waals surface area contributed by atoms with Gasteiger partial charge in [-0.25, -0.2) is 13.4 Å². The number of halogens is 1. The zero-order valence-electron chi connectivity index (χ0n) is 17.4. The largest absolute Gasteiger partial charge is 0.379 e. The van der Waals surface area contributed by atoms with Crippen molar-refractivity contribution in [2.45, 2.75) is 13.3 Å². The van der Waals surface area contributed by atoms with E-state index in [0.717, 1.165) is 65.6 Å². The lowest BCUT2D eigenvalue weighted by Gasteiger charge is -2.28. The quantitative estimate of drug-likeness (QED) is 0.583. The molecule has 1 saturated heterocycles. The summed E-state index contributed by atoms with van der Waals surface area (Å²) in [5.74, 6) is -0.298. The Balaban J connectivity index is 1.80. The van der Waals surface area contributed by atoms with Crippen LogP contribution < -0.4 is 4.90 Å². The number of hydrogen-bond acceptors (Lipinski definition) is 7. The van der Waals surface area contributed by atoms with Crippen LogP contribution in [0.4, 0.5) is 5.13 Å². The van der Waals surface area contributed by atoms with Crippen LogP contribution in [-0.2, 0) is 19.6 Å². The molecule has 0 atom stereocenters. The maximum atomic E-state index is 13.0. The molecule has 30 heavy (non-hydrogen) atoms. The number of thiazole rings is 1. The number of ether oxygens (including phenoxy) is 1. The Morgan fingerprint density at radius 2 is 2.03 bits per heavy atom. The molecule has 11 heteroatoms. The van der Waals surface area contributed by atoms with Gasteiger partial charge in [-0.2, -0.15) is 4.31 Å².